The summed E-state index contributed by atoms with van der Waals surface area (Å²) in [6.07, 6.45) is 0. The molecule has 2 aromatic rings. The van der Waals surface area contributed by atoms with Gasteiger partial charge in [0.1, 0.15) is 5.82 Å². The molecule has 15 heavy (non-hydrogen) atoms. The first-order valence-corrected chi connectivity index (χ1v) is 4.34. The van der Waals surface area contributed by atoms with E-state index in [1.54, 1.807) is 0 Å². The molecule has 7 heteroatoms. The molecule has 0 spiro atoms. The summed E-state index contributed by atoms with van der Waals surface area (Å²) in [5, 5.41) is 9.81. The highest BCUT2D eigenvalue weighted by atomic mass is 35.5. The Balaban J connectivity index is 2.24. The van der Waals surface area contributed by atoms with Crippen LogP contribution in [0.3, 0.4) is 0 Å². The van der Waals surface area contributed by atoms with Crippen molar-refractivity contribution < 1.29 is 8.81 Å². The third kappa shape index (κ3) is 2.16. The van der Waals surface area contributed by atoms with E-state index in [1.165, 1.54) is 18.2 Å². The van der Waals surface area contributed by atoms with Gasteiger partial charge in [-0.3, -0.25) is 0 Å². The molecule has 1 aromatic carbocycles. The third-order valence-electron chi connectivity index (χ3n) is 1.61. The Labute approximate surface area is 89.0 Å². The van der Waals surface area contributed by atoms with Gasteiger partial charge < -0.3 is 15.5 Å². The quantitative estimate of drug-likeness (QED) is 0.824. The second-order valence-corrected chi connectivity index (χ2v) is 3.13. The molecular formula is C8H6ClFN4O. The number of nitrogens with two attached hydrogens (primary N) is 1. The Bertz CT molecular complexity index is 487. The predicted octanol–water partition coefficient (Wildman–Crippen LogP) is 2.19. The number of nitrogens with zero attached hydrogens (tertiary/aromatic N) is 2. The third-order valence-corrected chi connectivity index (χ3v) is 1.85. The summed E-state index contributed by atoms with van der Waals surface area (Å²) >= 11 is 5.58. The first kappa shape index (κ1) is 9.72. The van der Waals surface area contributed by atoms with Crippen molar-refractivity contribution in [2.45, 2.75) is 0 Å². The van der Waals surface area contributed by atoms with Gasteiger partial charge in [0.15, 0.2) is 0 Å². The van der Waals surface area contributed by atoms with Crippen molar-refractivity contribution in [2.75, 3.05) is 11.1 Å². The topological polar surface area (TPSA) is 77.0 Å². The minimum absolute atomic E-state index is 0.0220. The van der Waals surface area contributed by atoms with E-state index < -0.39 is 5.82 Å². The molecule has 0 aliphatic heterocycles. The summed E-state index contributed by atoms with van der Waals surface area (Å²) in [6, 6.07) is 4.09. The first-order chi connectivity index (χ1) is 7.15. The van der Waals surface area contributed by atoms with Gasteiger partial charge >= 0.3 is 12.0 Å². The highest BCUT2D eigenvalue weighted by Crippen LogP contribution is 2.22. The number of rotatable bonds is 2. The molecule has 0 amide bonds. The van der Waals surface area contributed by atoms with Crippen LogP contribution in [0.15, 0.2) is 22.6 Å². The van der Waals surface area contributed by atoms with Gasteiger partial charge in [0.25, 0.3) is 0 Å². The number of hydrogen-bond acceptors (Lipinski definition) is 5. The fourth-order valence-corrected chi connectivity index (χ4v) is 1.15. The summed E-state index contributed by atoms with van der Waals surface area (Å²) in [5.41, 5.74) is 5.38. The normalized spacial score (nSPS) is 10.3. The lowest BCUT2D eigenvalue weighted by Gasteiger charge is -2.02. The van der Waals surface area contributed by atoms with Crippen LogP contribution < -0.4 is 11.1 Å². The van der Waals surface area contributed by atoms with Crippen molar-refractivity contribution in [3.63, 3.8) is 0 Å². The first-order valence-electron chi connectivity index (χ1n) is 3.96. The van der Waals surface area contributed by atoms with Gasteiger partial charge in [0, 0.05) is 5.02 Å². The molecule has 0 unspecified atom stereocenters. The molecule has 0 atom stereocenters. The van der Waals surface area contributed by atoms with Crippen LogP contribution in [-0.2, 0) is 0 Å². The van der Waals surface area contributed by atoms with Gasteiger partial charge in [-0.25, -0.2) is 4.39 Å². The van der Waals surface area contributed by atoms with Crippen molar-refractivity contribution in [3.05, 3.63) is 29.0 Å². The molecular weight excluding hydrogens is 223 g/mol. The van der Waals surface area contributed by atoms with E-state index in [0.717, 1.165) is 0 Å². The van der Waals surface area contributed by atoms with Crippen LogP contribution in [0, 0.1) is 5.82 Å². The predicted molar refractivity (Wildman–Crippen MR) is 53.4 cm³/mol. The zero-order valence-electron chi connectivity index (χ0n) is 7.37. The lowest BCUT2D eigenvalue weighted by Crippen LogP contribution is -1.93. The maximum atomic E-state index is 13.3. The fourth-order valence-electron chi connectivity index (χ4n) is 0.991. The van der Waals surface area contributed by atoms with E-state index >= 15 is 0 Å². The zero-order chi connectivity index (χ0) is 10.8. The zero-order valence-corrected chi connectivity index (χ0v) is 8.12. The number of halogens is 2. The van der Waals surface area contributed by atoms with E-state index in [9.17, 15) is 4.39 Å². The van der Waals surface area contributed by atoms with Crippen LogP contribution in [0.1, 0.15) is 0 Å². The summed E-state index contributed by atoms with van der Waals surface area (Å²) in [5.74, 6) is -0.515. The summed E-state index contributed by atoms with van der Waals surface area (Å²) in [6.45, 7) is 0. The Morgan fingerprint density at radius 3 is 2.80 bits per heavy atom. The van der Waals surface area contributed by atoms with Gasteiger partial charge in [-0.1, -0.05) is 21.8 Å². The largest absolute Gasteiger partial charge is 0.389 e. The lowest BCUT2D eigenvalue weighted by atomic mass is 10.3. The van der Waals surface area contributed by atoms with Crippen molar-refractivity contribution >= 4 is 29.3 Å². The molecule has 3 N–H and O–H groups in total. The molecule has 0 saturated carbocycles. The van der Waals surface area contributed by atoms with Crippen LogP contribution >= 0.6 is 11.6 Å². The molecule has 78 valence electrons. The second-order valence-electron chi connectivity index (χ2n) is 2.69. The average molecular weight is 229 g/mol. The van der Waals surface area contributed by atoms with Crippen molar-refractivity contribution in [1.82, 2.24) is 10.2 Å². The number of nitrogen functional groups attached to an aromatic ring is 1. The maximum absolute atomic E-state index is 13.3. The molecule has 0 fully saturated rings. The highest BCUT2D eigenvalue weighted by Gasteiger charge is 2.07. The van der Waals surface area contributed by atoms with Crippen LogP contribution in [0.25, 0.3) is 0 Å². The molecule has 2 rings (SSSR count). The van der Waals surface area contributed by atoms with Gasteiger partial charge in [-0.2, -0.15) is 0 Å². The number of anilines is 3. The lowest BCUT2D eigenvalue weighted by molar-refractivity contribution is 0.589. The minimum Gasteiger partial charge on any atom is -0.389 e. The number of hydrogen-bond donors (Lipinski definition) is 2. The summed E-state index contributed by atoms with van der Waals surface area (Å²) in [4.78, 5) is 0. The van der Waals surface area contributed by atoms with Crippen LogP contribution in [-0.4, -0.2) is 10.2 Å². The molecule has 0 radical (unpaired) electrons. The molecule has 1 aromatic heterocycles. The average Bonchev–Trinajstić information content (AvgIpc) is 2.56. The Morgan fingerprint density at radius 2 is 2.20 bits per heavy atom. The van der Waals surface area contributed by atoms with Crippen LogP contribution in [0.5, 0.6) is 0 Å². The Hall–Kier alpha value is -1.82. The van der Waals surface area contributed by atoms with Crippen LogP contribution in [0.4, 0.5) is 22.1 Å². The monoisotopic (exact) mass is 228 g/mol. The molecule has 0 aliphatic rings. The Kier molecular flexibility index (Phi) is 2.42. The molecule has 1 heterocycles. The van der Waals surface area contributed by atoms with E-state index in [-0.39, 0.29) is 17.7 Å². The van der Waals surface area contributed by atoms with Gasteiger partial charge in [0.05, 0.1) is 5.69 Å². The summed E-state index contributed by atoms with van der Waals surface area (Å²) < 4.78 is 18.1. The number of benzene rings is 1. The number of aromatic nitrogens is 2. The summed E-state index contributed by atoms with van der Waals surface area (Å²) in [7, 11) is 0. The Morgan fingerprint density at radius 1 is 1.40 bits per heavy atom. The van der Waals surface area contributed by atoms with Gasteiger partial charge in [-0.05, 0) is 18.2 Å². The molecule has 0 bridgehead atoms. The fraction of sp³-hybridized carbons (Fsp3) is 0. The smallest absolute Gasteiger partial charge is 0.321 e. The highest BCUT2D eigenvalue weighted by molar-refractivity contribution is 6.30. The standard InChI is InChI=1S/C8H6ClFN4O/c9-4-1-2-6(5(10)3-4)12-8-14-13-7(11)15-8/h1-3H,(H2,11,13)(H,12,14). The van der Waals surface area contributed by atoms with Crippen molar-refractivity contribution in [2.24, 2.45) is 0 Å². The van der Waals surface area contributed by atoms with Gasteiger partial charge in [0.2, 0.25) is 0 Å². The molecule has 0 saturated heterocycles. The SMILES string of the molecule is Nc1nnc(Nc2ccc(Cl)cc2F)o1. The second kappa shape index (κ2) is 3.74. The van der Waals surface area contributed by atoms with E-state index in [2.05, 4.69) is 15.5 Å². The van der Waals surface area contributed by atoms with E-state index in [1.807, 2.05) is 0 Å². The molecule has 0 aliphatic carbocycles. The minimum atomic E-state index is -0.515. The van der Waals surface area contributed by atoms with Crippen molar-refractivity contribution in [3.8, 4) is 0 Å². The molecule has 5 nitrogen and oxygen atoms in total. The number of nitrogens with one attached hydrogen (secondary N) is 1. The van der Waals surface area contributed by atoms with E-state index in [4.69, 9.17) is 21.8 Å². The van der Waals surface area contributed by atoms with Gasteiger partial charge in [-0.15, -0.1) is 0 Å². The van der Waals surface area contributed by atoms with Crippen LogP contribution in [0.2, 0.25) is 5.02 Å². The van der Waals surface area contributed by atoms with E-state index in [0.29, 0.717) is 5.02 Å². The van der Waals surface area contributed by atoms with Crippen molar-refractivity contribution in [1.29, 1.82) is 0 Å². The maximum Gasteiger partial charge on any atom is 0.321 e.